The van der Waals surface area contributed by atoms with Crippen molar-refractivity contribution in [2.24, 2.45) is 5.41 Å². The molecule has 1 aliphatic heterocycles. The number of carbonyl (C=O) groups is 1. The van der Waals surface area contributed by atoms with Gasteiger partial charge >= 0.3 is 0 Å². The average Bonchev–Trinajstić information content (AvgIpc) is 2.67. The minimum absolute atomic E-state index is 0.0333. The summed E-state index contributed by atoms with van der Waals surface area (Å²) in [5, 5.41) is 12.3. The van der Waals surface area contributed by atoms with E-state index in [4.69, 9.17) is 0 Å². The van der Waals surface area contributed by atoms with Gasteiger partial charge in [0.05, 0.1) is 0 Å². The maximum atomic E-state index is 13.4. The summed E-state index contributed by atoms with van der Waals surface area (Å²) >= 11 is 0. The number of piperidine rings is 1. The second kappa shape index (κ2) is 8.19. The Morgan fingerprint density at radius 1 is 1.22 bits per heavy atom. The van der Waals surface area contributed by atoms with Crippen molar-refractivity contribution in [3.63, 3.8) is 0 Å². The van der Waals surface area contributed by atoms with Gasteiger partial charge in [-0.25, -0.2) is 4.39 Å². The number of rotatable bonds is 5. The Hall–Kier alpha value is -2.24. The molecule has 2 N–H and O–H groups in total. The van der Waals surface area contributed by atoms with Crippen LogP contribution in [0, 0.1) is 18.2 Å². The first-order valence-electron chi connectivity index (χ1n) is 9.38. The molecule has 2 aromatic carbocycles. The number of hydrogen-bond donors (Lipinski definition) is 2. The van der Waals surface area contributed by atoms with E-state index in [2.05, 4.69) is 17.1 Å². The number of halogens is 1. The van der Waals surface area contributed by atoms with Gasteiger partial charge < -0.3 is 10.4 Å². The molecule has 1 amide bonds. The molecule has 0 atom stereocenters. The molecule has 0 aromatic heterocycles. The zero-order chi connectivity index (χ0) is 19.4. The largest absolute Gasteiger partial charge is 0.396 e. The first-order chi connectivity index (χ1) is 12.9. The molecule has 5 heteroatoms. The van der Waals surface area contributed by atoms with Crippen molar-refractivity contribution in [1.29, 1.82) is 0 Å². The van der Waals surface area contributed by atoms with Crippen LogP contribution in [0.5, 0.6) is 0 Å². The van der Waals surface area contributed by atoms with Gasteiger partial charge in [-0.2, -0.15) is 0 Å². The number of hydrogen-bond acceptors (Lipinski definition) is 3. The summed E-state index contributed by atoms with van der Waals surface area (Å²) in [5.74, 6) is -0.483. The van der Waals surface area contributed by atoms with Crippen LogP contribution in [0.1, 0.15) is 41.3 Å². The van der Waals surface area contributed by atoms with E-state index in [9.17, 15) is 14.3 Å². The minimum Gasteiger partial charge on any atom is -0.396 e. The Kier molecular flexibility index (Phi) is 5.92. The maximum absolute atomic E-state index is 13.4. The van der Waals surface area contributed by atoms with Crippen LogP contribution in [-0.4, -0.2) is 35.6 Å². The van der Waals surface area contributed by atoms with Crippen LogP contribution in [0.2, 0.25) is 0 Å². The van der Waals surface area contributed by atoms with Crippen LogP contribution in [0.3, 0.4) is 0 Å². The van der Waals surface area contributed by atoms with Crippen LogP contribution in [0.15, 0.2) is 42.5 Å². The van der Waals surface area contributed by atoms with E-state index < -0.39 is 0 Å². The number of benzene rings is 2. The fraction of sp³-hybridized carbons (Fsp3) is 0.409. The Morgan fingerprint density at radius 2 is 1.96 bits per heavy atom. The third-order valence-corrected chi connectivity index (χ3v) is 5.46. The zero-order valence-corrected chi connectivity index (χ0v) is 16.0. The molecular weight excluding hydrogens is 343 g/mol. The first-order valence-corrected chi connectivity index (χ1v) is 9.38. The zero-order valence-electron chi connectivity index (χ0n) is 16.0. The van der Waals surface area contributed by atoms with E-state index in [1.807, 2.05) is 18.2 Å². The number of aryl methyl sites for hydroxylation is 1. The predicted molar refractivity (Wildman–Crippen MR) is 105 cm³/mol. The molecule has 0 unspecified atom stereocenters. The molecule has 0 radical (unpaired) electrons. The Bertz CT molecular complexity index is 814. The molecule has 1 heterocycles. The molecule has 1 saturated heterocycles. The monoisotopic (exact) mass is 370 g/mol. The highest BCUT2D eigenvalue weighted by molar-refractivity contribution is 6.04. The van der Waals surface area contributed by atoms with Crippen molar-refractivity contribution in [1.82, 2.24) is 4.90 Å². The molecule has 1 aliphatic rings. The summed E-state index contributed by atoms with van der Waals surface area (Å²) < 4.78 is 13.4. The predicted octanol–water partition coefficient (Wildman–Crippen LogP) is 3.98. The Balaban J connectivity index is 1.63. The Labute approximate surface area is 160 Å². The quantitative estimate of drug-likeness (QED) is 0.837. The standard InChI is InChI=1S/C22H27FN2O2/c1-16-12-19(6-7-20(16)23)24-21(27)18-5-3-4-17(13-18)14-25-10-8-22(2,15-26)9-11-25/h3-7,12-13,26H,8-11,14-15H2,1-2H3,(H,24,27). The summed E-state index contributed by atoms with van der Waals surface area (Å²) in [6.45, 7) is 6.72. The van der Waals surface area contributed by atoms with Crippen molar-refractivity contribution in [2.45, 2.75) is 33.2 Å². The number of likely N-dealkylation sites (tertiary alicyclic amines) is 1. The van der Waals surface area contributed by atoms with Crippen molar-refractivity contribution in [2.75, 3.05) is 25.0 Å². The lowest BCUT2D eigenvalue weighted by Gasteiger charge is -2.38. The molecule has 2 aromatic rings. The van der Waals surface area contributed by atoms with Crippen LogP contribution in [-0.2, 0) is 6.54 Å². The summed E-state index contributed by atoms with van der Waals surface area (Å²) in [4.78, 5) is 14.9. The highest BCUT2D eigenvalue weighted by Crippen LogP contribution is 2.30. The van der Waals surface area contributed by atoms with Gasteiger partial charge in [0.15, 0.2) is 0 Å². The highest BCUT2D eigenvalue weighted by Gasteiger charge is 2.29. The summed E-state index contributed by atoms with van der Waals surface area (Å²) in [6.07, 6.45) is 1.96. The van der Waals surface area contributed by atoms with E-state index in [-0.39, 0.29) is 23.7 Å². The Morgan fingerprint density at radius 3 is 2.63 bits per heavy atom. The second-order valence-electron chi connectivity index (χ2n) is 7.86. The normalized spacial score (nSPS) is 16.9. The summed E-state index contributed by atoms with van der Waals surface area (Å²) in [5.41, 5.74) is 2.80. The van der Waals surface area contributed by atoms with E-state index >= 15 is 0 Å². The third-order valence-electron chi connectivity index (χ3n) is 5.46. The van der Waals surface area contributed by atoms with Gasteiger partial charge in [-0.15, -0.1) is 0 Å². The first kappa shape index (κ1) is 19.5. The number of aliphatic hydroxyl groups is 1. The molecule has 0 spiro atoms. The third kappa shape index (κ3) is 4.93. The number of anilines is 1. The van der Waals surface area contributed by atoms with Gasteiger partial charge in [0.25, 0.3) is 5.91 Å². The molecule has 3 rings (SSSR count). The van der Waals surface area contributed by atoms with Crippen molar-refractivity contribution in [3.05, 3.63) is 65.0 Å². The number of nitrogens with zero attached hydrogens (tertiary/aromatic N) is 1. The fourth-order valence-corrected chi connectivity index (χ4v) is 3.40. The SMILES string of the molecule is Cc1cc(NC(=O)c2cccc(CN3CCC(C)(CO)CC3)c2)ccc1F. The molecule has 0 aliphatic carbocycles. The van der Waals surface area contributed by atoms with E-state index in [0.29, 0.717) is 16.8 Å². The number of amides is 1. The topological polar surface area (TPSA) is 52.6 Å². The van der Waals surface area contributed by atoms with Crippen LogP contribution < -0.4 is 5.32 Å². The number of carbonyl (C=O) groups excluding carboxylic acids is 1. The van der Waals surface area contributed by atoms with Crippen LogP contribution in [0.4, 0.5) is 10.1 Å². The highest BCUT2D eigenvalue weighted by atomic mass is 19.1. The molecule has 0 bridgehead atoms. The lowest BCUT2D eigenvalue weighted by atomic mass is 9.81. The van der Waals surface area contributed by atoms with Gasteiger partial charge in [-0.3, -0.25) is 9.69 Å². The van der Waals surface area contributed by atoms with Gasteiger partial charge in [0, 0.05) is 24.4 Å². The minimum atomic E-state index is -0.283. The van der Waals surface area contributed by atoms with Gasteiger partial charge in [-0.05, 0) is 79.7 Å². The van der Waals surface area contributed by atoms with Gasteiger partial charge in [0.2, 0.25) is 0 Å². The fourth-order valence-electron chi connectivity index (χ4n) is 3.40. The van der Waals surface area contributed by atoms with Crippen molar-refractivity contribution < 1.29 is 14.3 Å². The molecule has 0 saturated carbocycles. The van der Waals surface area contributed by atoms with E-state index in [1.54, 1.807) is 25.1 Å². The number of nitrogens with one attached hydrogen (secondary N) is 1. The molecule has 144 valence electrons. The molecule has 1 fully saturated rings. The average molecular weight is 370 g/mol. The van der Waals surface area contributed by atoms with Crippen LogP contribution >= 0.6 is 0 Å². The van der Waals surface area contributed by atoms with Crippen LogP contribution in [0.25, 0.3) is 0 Å². The molecule has 27 heavy (non-hydrogen) atoms. The van der Waals surface area contributed by atoms with E-state index in [1.165, 1.54) is 6.07 Å². The lowest BCUT2D eigenvalue weighted by Crippen LogP contribution is -2.39. The van der Waals surface area contributed by atoms with Crippen molar-refractivity contribution in [3.8, 4) is 0 Å². The molecular formula is C22H27FN2O2. The smallest absolute Gasteiger partial charge is 0.255 e. The van der Waals surface area contributed by atoms with Gasteiger partial charge in [-0.1, -0.05) is 19.1 Å². The molecule has 4 nitrogen and oxygen atoms in total. The lowest BCUT2D eigenvalue weighted by molar-refractivity contribution is 0.0557. The summed E-state index contributed by atoms with van der Waals surface area (Å²) in [7, 11) is 0. The summed E-state index contributed by atoms with van der Waals surface area (Å²) in [6, 6.07) is 12.2. The van der Waals surface area contributed by atoms with Gasteiger partial charge in [0.1, 0.15) is 5.82 Å². The van der Waals surface area contributed by atoms with Crippen molar-refractivity contribution >= 4 is 11.6 Å². The maximum Gasteiger partial charge on any atom is 0.255 e. The van der Waals surface area contributed by atoms with E-state index in [0.717, 1.165) is 38.0 Å². The second-order valence-corrected chi connectivity index (χ2v) is 7.86. The number of aliphatic hydroxyl groups excluding tert-OH is 1.